The first kappa shape index (κ1) is 14.8. The number of hydrogen-bond donors (Lipinski definition) is 2. The predicted molar refractivity (Wildman–Crippen MR) is 77.5 cm³/mol. The minimum absolute atomic E-state index is 0.130. The summed E-state index contributed by atoms with van der Waals surface area (Å²) in [5.74, 6) is -0.677. The molecule has 0 amide bonds. The van der Waals surface area contributed by atoms with Crippen LogP contribution >= 0.6 is 0 Å². The molecule has 0 aliphatic heterocycles. The fourth-order valence-electron chi connectivity index (χ4n) is 1.83. The Morgan fingerprint density at radius 2 is 1.95 bits per heavy atom. The Labute approximate surface area is 121 Å². The van der Waals surface area contributed by atoms with E-state index < -0.39 is 15.8 Å². The molecular weight excluding hydrogens is 293 g/mol. The Balaban J connectivity index is 2.49. The molecule has 21 heavy (non-hydrogen) atoms. The standard InChI is InChI=1S/C14H12FN3O2S/c1-9-6-11(15)12(17)7-14(9)21(19,20)18-13-5-3-2-4-10(13)8-16/h2-7,18H,17H2,1H3. The number of nitrogens with one attached hydrogen (secondary N) is 1. The van der Waals surface area contributed by atoms with E-state index in [1.807, 2.05) is 6.07 Å². The summed E-state index contributed by atoms with van der Waals surface area (Å²) in [7, 11) is -3.96. The molecule has 0 bridgehead atoms. The van der Waals surface area contributed by atoms with Gasteiger partial charge in [-0.15, -0.1) is 0 Å². The molecule has 0 unspecified atom stereocenters. The van der Waals surface area contributed by atoms with Gasteiger partial charge in [0.2, 0.25) is 0 Å². The highest BCUT2D eigenvalue weighted by Crippen LogP contribution is 2.25. The van der Waals surface area contributed by atoms with Crippen LogP contribution in [-0.4, -0.2) is 8.42 Å². The van der Waals surface area contributed by atoms with E-state index >= 15 is 0 Å². The smallest absolute Gasteiger partial charge is 0.262 e. The summed E-state index contributed by atoms with van der Waals surface area (Å²) in [6, 6.07) is 10.2. The van der Waals surface area contributed by atoms with Gasteiger partial charge in [0.15, 0.2) is 0 Å². The van der Waals surface area contributed by atoms with E-state index in [9.17, 15) is 12.8 Å². The van der Waals surface area contributed by atoms with Gasteiger partial charge in [0.1, 0.15) is 11.9 Å². The van der Waals surface area contributed by atoms with Crippen molar-refractivity contribution in [3.05, 3.63) is 53.3 Å². The Hall–Kier alpha value is -2.59. The molecule has 0 aliphatic rings. The van der Waals surface area contributed by atoms with Crippen LogP contribution in [0.3, 0.4) is 0 Å². The number of benzene rings is 2. The van der Waals surface area contributed by atoms with Gasteiger partial charge in [0, 0.05) is 0 Å². The van der Waals surface area contributed by atoms with Crippen molar-refractivity contribution in [3.63, 3.8) is 0 Å². The summed E-state index contributed by atoms with van der Waals surface area (Å²) < 4.78 is 40.3. The number of halogens is 1. The molecule has 108 valence electrons. The van der Waals surface area contributed by atoms with Gasteiger partial charge in [-0.3, -0.25) is 4.72 Å². The number of nitrogens with two attached hydrogens (primary N) is 1. The van der Waals surface area contributed by atoms with Crippen LogP contribution in [0.5, 0.6) is 0 Å². The van der Waals surface area contributed by atoms with Gasteiger partial charge in [-0.05, 0) is 36.8 Å². The second kappa shape index (κ2) is 5.42. The van der Waals surface area contributed by atoms with E-state index in [1.54, 1.807) is 12.1 Å². The van der Waals surface area contributed by atoms with Crippen LogP contribution in [0.15, 0.2) is 41.3 Å². The van der Waals surface area contributed by atoms with Gasteiger partial charge in [-0.1, -0.05) is 12.1 Å². The van der Waals surface area contributed by atoms with Crippen LogP contribution < -0.4 is 10.5 Å². The maximum atomic E-state index is 13.3. The lowest BCUT2D eigenvalue weighted by Gasteiger charge is -2.12. The van der Waals surface area contributed by atoms with Crippen LogP contribution in [-0.2, 0) is 10.0 Å². The van der Waals surface area contributed by atoms with Crippen molar-refractivity contribution in [3.8, 4) is 6.07 Å². The van der Waals surface area contributed by atoms with E-state index in [0.717, 1.165) is 12.1 Å². The van der Waals surface area contributed by atoms with Crippen molar-refractivity contribution < 1.29 is 12.8 Å². The number of nitrogen functional groups attached to an aromatic ring is 1. The topological polar surface area (TPSA) is 96.0 Å². The average Bonchev–Trinajstić information content (AvgIpc) is 2.43. The van der Waals surface area contributed by atoms with Crippen LogP contribution in [0.2, 0.25) is 0 Å². The minimum Gasteiger partial charge on any atom is -0.396 e. The fourth-order valence-corrected chi connectivity index (χ4v) is 3.17. The van der Waals surface area contributed by atoms with Gasteiger partial charge in [-0.25, -0.2) is 12.8 Å². The molecule has 0 atom stereocenters. The van der Waals surface area contributed by atoms with Crippen LogP contribution in [0.4, 0.5) is 15.8 Å². The predicted octanol–water partition coefficient (Wildman–Crippen LogP) is 2.39. The van der Waals surface area contributed by atoms with E-state index in [2.05, 4.69) is 4.72 Å². The van der Waals surface area contributed by atoms with Gasteiger partial charge < -0.3 is 5.73 Å². The molecule has 2 aromatic carbocycles. The van der Waals surface area contributed by atoms with Gasteiger partial charge in [0.25, 0.3) is 10.0 Å². The second-order valence-corrected chi connectivity index (χ2v) is 6.05. The van der Waals surface area contributed by atoms with Crippen molar-refractivity contribution in [2.75, 3.05) is 10.5 Å². The molecule has 0 radical (unpaired) electrons. The highest BCUT2D eigenvalue weighted by atomic mass is 32.2. The first-order valence-corrected chi connectivity index (χ1v) is 7.41. The SMILES string of the molecule is Cc1cc(F)c(N)cc1S(=O)(=O)Nc1ccccc1C#N. The monoisotopic (exact) mass is 305 g/mol. The molecule has 0 heterocycles. The van der Waals surface area contributed by atoms with Crippen molar-refractivity contribution in [2.24, 2.45) is 0 Å². The molecule has 0 fully saturated rings. The average molecular weight is 305 g/mol. The van der Waals surface area contributed by atoms with Gasteiger partial charge >= 0.3 is 0 Å². The Kier molecular flexibility index (Phi) is 3.82. The van der Waals surface area contributed by atoms with Crippen molar-refractivity contribution in [1.29, 1.82) is 5.26 Å². The molecule has 2 rings (SSSR count). The largest absolute Gasteiger partial charge is 0.396 e. The zero-order valence-corrected chi connectivity index (χ0v) is 11.9. The third kappa shape index (κ3) is 2.95. The number of nitrogens with zero attached hydrogens (tertiary/aromatic N) is 1. The van der Waals surface area contributed by atoms with Crippen LogP contribution in [0.25, 0.3) is 0 Å². The lowest BCUT2D eigenvalue weighted by atomic mass is 10.2. The number of rotatable bonds is 3. The van der Waals surface area contributed by atoms with Crippen LogP contribution in [0, 0.1) is 24.1 Å². The molecule has 0 spiro atoms. The van der Waals surface area contributed by atoms with Gasteiger partial charge in [0.05, 0.1) is 21.8 Å². The van der Waals surface area contributed by atoms with E-state index in [-0.39, 0.29) is 27.4 Å². The van der Waals surface area contributed by atoms with Crippen LogP contribution in [0.1, 0.15) is 11.1 Å². The van der Waals surface area contributed by atoms with Crippen molar-refractivity contribution in [2.45, 2.75) is 11.8 Å². The summed E-state index contributed by atoms with van der Waals surface area (Å²) in [5.41, 5.74) is 5.73. The summed E-state index contributed by atoms with van der Waals surface area (Å²) in [4.78, 5) is -0.130. The summed E-state index contributed by atoms with van der Waals surface area (Å²) >= 11 is 0. The number of anilines is 2. The maximum absolute atomic E-state index is 13.3. The molecule has 0 saturated heterocycles. The second-order valence-electron chi connectivity index (χ2n) is 4.40. The number of sulfonamides is 1. The third-order valence-electron chi connectivity index (χ3n) is 2.88. The summed E-state index contributed by atoms with van der Waals surface area (Å²) in [6.45, 7) is 1.47. The maximum Gasteiger partial charge on any atom is 0.262 e. The lowest BCUT2D eigenvalue weighted by Crippen LogP contribution is -2.15. The Morgan fingerprint density at radius 1 is 1.29 bits per heavy atom. The third-order valence-corrected chi connectivity index (χ3v) is 4.38. The van der Waals surface area contributed by atoms with Gasteiger partial charge in [-0.2, -0.15) is 5.26 Å². The molecule has 0 aliphatic carbocycles. The molecule has 2 aromatic rings. The molecule has 5 nitrogen and oxygen atoms in total. The number of aryl methyl sites for hydroxylation is 1. The summed E-state index contributed by atoms with van der Waals surface area (Å²) in [6.07, 6.45) is 0. The zero-order chi connectivity index (χ0) is 15.6. The van der Waals surface area contributed by atoms with E-state index in [4.69, 9.17) is 11.0 Å². The number of para-hydroxylation sites is 1. The quantitative estimate of drug-likeness (QED) is 0.851. The normalized spacial score (nSPS) is 10.9. The molecule has 0 saturated carbocycles. The molecule has 3 N–H and O–H groups in total. The minimum atomic E-state index is -3.96. The Bertz CT molecular complexity index is 842. The highest BCUT2D eigenvalue weighted by molar-refractivity contribution is 7.92. The first-order chi connectivity index (χ1) is 9.85. The zero-order valence-electron chi connectivity index (χ0n) is 11.1. The lowest BCUT2D eigenvalue weighted by molar-refractivity contribution is 0.599. The molecule has 7 heteroatoms. The Morgan fingerprint density at radius 3 is 2.62 bits per heavy atom. The highest BCUT2D eigenvalue weighted by Gasteiger charge is 2.20. The number of nitriles is 1. The molecule has 0 aromatic heterocycles. The van der Waals surface area contributed by atoms with Crippen molar-refractivity contribution >= 4 is 21.4 Å². The van der Waals surface area contributed by atoms with E-state index in [1.165, 1.54) is 19.1 Å². The number of hydrogen-bond acceptors (Lipinski definition) is 4. The van der Waals surface area contributed by atoms with Crippen molar-refractivity contribution in [1.82, 2.24) is 0 Å². The molecular formula is C14H12FN3O2S. The van der Waals surface area contributed by atoms with E-state index in [0.29, 0.717) is 0 Å². The first-order valence-electron chi connectivity index (χ1n) is 5.92. The fraction of sp³-hybridized carbons (Fsp3) is 0.0714. The summed E-state index contributed by atoms with van der Waals surface area (Å²) in [5, 5.41) is 8.97.